The standard InChI is InChI=1S/C19H23N5O3S/c1-11-8-9-24(11)19-21-15-5-3-4-13(15)17(22-19)12-6-7-14(18(20)25)16(10-12)23-28(2,26)27/h6-7,10-11,23H,3-5,8-9H2,1-2H3,(H2,20,25)/t11-/m0/s1. The normalized spacial score (nSPS) is 18.5. The van der Waals surface area contributed by atoms with Crippen LogP contribution in [0.2, 0.25) is 0 Å². The van der Waals surface area contributed by atoms with E-state index in [4.69, 9.17) is 15.7 Å². The van der Waals surface area contributed by atoms with E-state index in [0.717, 1.165) is 61.0 Å². The van der Waals surface area contributed by atoms with Gasteiger partial charge in [-0.1, -0.05) is 6.07 Å². The summed E-state index contributed by atoms with van der Waals surface area (Å²) in [6.45, 7) is 3.08. The summed E-state index contributed by atoms with van der Waals surface area (Å²) in [5.41, 5.74) is 9.38. The fraction of sp³-hybridized carbons (Fsp3) is 0.421. The third-order valence-corrected chi connectivity index (χ3v) is 5.94. The molecule has 3 N–H and O–H groups in total. The van der Waals surface area contributed by atoms with Gasteiger partial charge >= 0.3 is 0 Å². The molecule has 8 nitrogen and oxygen atoms in total. The van der Waals surface area contributed by atoms with Gasteiger partial charge in [-0.25, -0.2) is 18.4 Å². The number of aryl methyl sites for hydroxylation is 1. The van der Waals surface area contributed by atoms with Crippen LogP contribution < -0.4 is 15.4 Å². The molecule has 0 unspecified atom stereocenters. The van der Waals surface area contributed by atoms with Crippen LogP contribution in [-0.4, -0.2) is 43.1 Å². The minimum Gasteiger partial charge on any atom is -0.366 e. The van der Waals surface area contributed by atoms with Crippen LogP contribution in [0.15, 0.2) is 18.2 Å². The molecular weight excluding hydrogens is 378 g/mol. The number of nitrogens with zero attached hydrogens (tertiary/aromatic N) is 3. The Morgan fingerprint density at radius 2 is 2.07 bits per heavy atom. The number of aromatic nitrogens is 2. The molecular formula is C19H23N5O3S. The first-order chi connectivity index (χ1) is 13.2. The second-order valence-corrected chi connectivity index (χ2v) is 9.23. The number of nitrogens with one attached hydrogen (secondary N) is 1. The Morgan fingerprint density at radius 1 is 1.29 bits per heavy atom. The summed E-state index contributed by atoms with van der Waals surface area (Å²) in [6.07, 6.45) is 4.96. The average Bonchev–Trinajstić information content (AvgIpc) is 3.06. The lowest BCUT2D eigenvalue weighted by atomic mass is 10.0. The van der Waals surface area contributed by atoms with Crippen molar-refractivity contribution in [2.24, 2.45) is 5.73 Å². The highest BCUT2D eigenvalue weighted by Gasteiger charge is 2.29. The van der Waals surface area contributed by atoms with E-state index >= 15 is 0 Å². The van der Waals surface area contributed by atoms with Crippen LogP contribution in [0.5, 0.6) is 0 Å². The topological polar surface area (TPSA) is 118 Å². The molecule has 1 aliphatic carbocycles. The molecule has 2 heterocycles. The van der Waals surface area contributed by atoms with Crippen molar-refractivity contribution < 1.29 is 13.2 Å². The maximum absolute atomic E-state index is 11.7. The van der Waals surface area contributed by atoms with E-state index in [2.05, 4.69) is 16.5 Å². The van der Waals surface area contributed by atoms with Crippen molar-refractivity contribution in [1.29, 1.82) is 0 Å². The number of nitrogens with two attached hydrogens (primary N) is 1. The third kappa shape index (κ3) is 3.42. The van der Waals surface area contributed by atoms with Gasteiger partial charge in [-0.05, 0) is 44.7 Å². The van der Waals surface area contributed by atoms with E-state index in [-0.39, 0.29) is 11.3 Å². The predicted octanol–water partition coefficient (Wildman–Crippen LogP) is 1.70. The van der Waals surface area contributed by atoms with Crippen LogP contribution in [0, 0.1) is 0 Å². The number of benzene rings is 1. The minimum absolute atomic E-state index is 0.122. The SMILES string of the molecule is C[C@H]1CCN1c1nc2c(c(-c3ccc(C(N)=O)c(NS(C)(=O)=O)c3)n1)CCC2. The molecule has 1 fully saturated rings. The van der Waals surface area contributed by atoms with Gasteiger partial charge < -0.3 is 10.6 Å². The molecule has 2 aliphatic rings. The van der Waals surface area contributed by atoms with Gasteiger partial charge in [-0.2, -0.15) is 0 Å². The Bertz CT molecular complexity index is 1070. The fourth-order valence-electron chi connectivity index (χ4n) is 3.79. The molecule has 1 aliphatic heterocycles. The van der Waals surface area contributed by atoms with Crippen LogP contribution in [-0.2, 0) is 22.9 Å². The highest BCUT2D eigenvalue weighted by atomic mass is 32.2. The van der Waals surface area contributed by atoms with E-state index < -0.39 is 15.9 Å². The second kappa shape index (κ2) is 6.73. The number of carbonyl (C=O) groups excluding carboxylic acids is 1. The molecule has 0 bridgehead atoms. The fourth-order valence-corrected chi connectivity index (χ4v) is 4.36. The molecule has 9 heteroatoms. The van der Waals surface area contributed by atoms with Gasteiger partial charge in [0, 0.05) is 29.4 Å². The van der Waals surface area contributed by atoms with Crippen LogP contribution in [0.1, 0.15) is 41.4 Å². The maximum Gasteiger partial charge on any atom is 0.250 e. The molecule has 0 spiro atoms. The first-order valence-electron chi connectivity index (χ1n) is 9.31. The van der Waals surface area contributed by atoms with Crippen molar-refractivity contribution >= 4 is 27.6 Å². The molecule has 1 aromatic heterocycles. The number of sulfonamides is 1. The van der Waals surface area contributed by atoms with Gasteiger partial charge in [-0.3, -0.25) is 9.52 Å². The molecule has 28 heavy (non-hydrogen) atoms. The average molecular weight is 401 g/mol. The van der Waals surface area contributed by atoms with Crippen LogP contribution in [0.25, 0.3) is 11.3 Å². The zero-order chi connectivity index (χ0) is 20.1. The minimum atomic E-state index is -3.57. The summed E-state index contributed by atoms with van der Waals surface area (Å²) >= 11 is 0. The van der Waals surface area contributed by atoms with Gasteiger partial charge in [0.1, 0.15) is 0 Å². The van der Waals surface area contributed by atoms with Gasteiger partial charge in [0.05, 0.1) is 23.2 Å². The van der Waals surface area contributed by atoms with Crippen molar-refractivity contribution in [2.75, 3.05) is 22.4 Å². The molecule has 1 aromatic carbocycles. The van der Waals surface area contributed by atoms with Crippen molar-refractivity contribution in [3.05, 3.63) is 35.0 Å². The molecule has 1 amide bonds. The zero-order valence-corrected chi connectivity index (χ0v) is 16.7. The van der Waals surface area contributed by atoms with E-state index in [1.165, 1.54) is 0 Å². The van der Waals surface area contributed by atoms with Gasteiger partial charge in [0.2, 0.25) is 16.0 Å². The largest absolute Gasteiger partial charge is 0.366 e. The van der Waals surface area contributed by atoms with Gasteiger partial charge in [0.15, 0.2) is 0 Å². The number of fused-ring (bicyclic) bond motifs is 1. The maximum atomic E-state index is 11.7. The van der Waals surface area contributed by atoms with E-state index in [0.29, 0.717) is 12.0 Å². The van der Waals surface area contributed by atoms with E-state index in [9.17, 15) is 13.2 Å². The third-order valence-electron chi connectivity index (χ3n) is 5.35. The first-order valence-corrected chi connectivity index (χ1v) is 11.2. The molecule has 0 saturated carbocycles. The van der Waals surface area contributed by atoms with Crippen molar-refractivity contribution in [1.82, 2.24) is 9.97 Å². The molecule has 148 valence electrons. The summed E-state index contributed by atoms with van der Waals surface area (Å²) in [4.78, 5) is 23.5. The van der Waals surface area contributed by atoms with Crippen LogP contribution >= 0.6 is 0 Å². The highest BCUT2D eigenvalue weighted by molar-refractivity contribution is 7.92. The number of carbonyl (C=O) groups is 1. The summed E-state index contributed by atoms with van der Waals surface area (Å²) in [6, 6.07) is 5.34. The lowest BCUT2D eigenvalue weighted by molar-refractivity contribution is 0.100. The smallest absolute Gasteiger partial charge is 0.250 e. The molecule has 4 rings (SSSR count). The number of amides is 1. The number of hydrogen-bond acceptors (Lipinski definition) is 6. The highest BCUT2D eigenvalue weighted by Crippen LogP contribution is 2.35. The summed E-state index contributed by atoms with van der Waals surface area (Å²) in [7, 11) is -3.57. The van der Waals surface area contributed by atoms with Crippen LogP contribution in [0.3, 0.4) is 0 Å². The molecule has 1 saturated heterocycles. The predicted molar refractivity (Wildman–Crippen MR) is 108 cm³/mol. The van der Waals surface area contributed by atoms with Crippen LogP contribution in [0.4, 0.5) is 11.6 Å². The van der Waals surface area contributed by atoms with Crippen molar-refractivity contribution in [2.45, 2.75) is 38.6 Å². The number of anilines is 2. The Kier molecular flexibility index (Phi) is 4.49. The summed E-state index contributed by atoms with van der Waals surface area (Å²) in [5, 5.41) is 0. The Balaban J connectivity index is 1.84. The summed E-state index contributed by atoms with van der Waals surface area (Å²) in [5.74, 6) is 0.0201. The lowest BCUT2D eigenvalue weighted by Crippen LogP contribution is -2.46. The second-order valence-electron chi connectivity index (χ2n) is 7.48. The van der Waals surface area contributed by atoms with Crippen molar-refractivity contribution in [3.63, 3.8) is 0 Å². The molecule has 0 radical (unpaired) electrons. The molecule has 1 atom stereocenters. The summed E-state index contributed by atoms with van der Waals surface area (Å²) < 4.78 is 25.9. The quantitative estimate of drug-likeness (QED) is 0.787. The lowest BCUT2D eigenvalue weighted by Gasteiger charge is -2.39. The van der Waals surface area contributed by atoms with Gasteiger partial charge in [-0.15, -0.1) is 0 Å². The first kappa shape index (κ1) is 18.7. The number of primary amides is 1. The Morgan fingerprint density at radius 3 is 2.68 bits per heavy atom. The van der Waals surface area contributed by atoms with Gasteiger partial charge in [0.25, 0.3) is 5.91 Å². The molecule has 2 aromatic rings. The Labute approximate surface area is 164 Å². The van der Waals surface area contributed by atoms with E-state index in [1.54, 1.807) is 18.2 Å². The zero-order valence-electron chi connectivity index (χ0n) is 15.9. The Hall–Kier alpha value is -2.68. The monoisotopic (exact) mass is 401 g/mol. The number of hydrogen-bond donors (Lipinski definition) is 2. The van der Waals surface area contributed by atoms with Crippen molar-refractivity contribution in [3.8, 4) is 11.3 Å². The van der Waals surface area contributed by atoms with E-state index in [1.807, 2.05) is 0 Å². The number of rotatable bonds is 5.